The molecule has 0 spiro atoms. The van der Waals surface area contributed by atoms with Crippen LogP contribution in [0, 0.1) is 12.3 Å². The lowest BCUT2D eigenvalue weighted by Crippen LogP contribution is -2.25. The third-order valence-corrected chi connectivity index (χ3v) is 4.23. The summed E-state index contributed by atoms with van der Waals surface area (Å²) in [4.78, 5) is 4.21. The Morgan fingerprint density at radius 3 is 2.53 bits per heavy atom. The zero-order chi connectivity index (χ0) is 11.3. The van der Waals surface area contributed by atoms with Crippen LogP contribution in [0.2, 0.25) is 5.15 Å². The van der Waals surface area contributed by atoms with Gasteiger partial charge in [0, 0.05) is 18.2 Å². The maximum Gasteiger partial charge on any atom is 0.131 e. The minimum absolute atomic E-state index is 0.120. The van der Waals surface area contributed by atoms with E-state index in [2.05, 4.69) is 24.9 Å². The van der Waals surface area contributed by atoms with Gasteiger partial charge in [-0.25, -0.2) is 4.98 Å². The molecular weight excluding hydrogens is 208 g/mol. The van der Waals surface area contributed by atoms with E-state index in [1.54, 1.807) is 0 Å². The van der Waals surface area contributed by atoms with E-state index in [1.165, 1.54) is 5.56 Å². The molecule has 0 aliphatic heterocycles. The monoisotopic (exact) mass is 224 g/mol. The van der Waals surface area contributed by atoms with E-state index in [0.717, 1.165) is 12.0 Å². The number of hydrogen-bond donors (Lipinski definition) is 1. The number of pyridine rings is 1. The van der Waals surface area contributed by atoms with Crippen molar-refractivity contribution in [2.45, 2.75) is 32.6 Å². The second-order valence-corrected chi connectivity index (χ2v) is 5.54. The Labute approximate surface area is 95.8 Å². The average molecular weight is 225 g/mol. The molecule has 0 amide bonds. The minimum atomic E-state index is 0.120. The Hall–Kier alpha value is -0.600. The number of aromatic nitrogens is 1. The van der Waals surface area contributed by atoms with E-state index in [4.69, 9.17) is 17.3 Å². The second kappa shape index (κ2) is 3.19. The highest BCUT2D eigenvalue weighted by Crippen LogP contribution is 2.63. The molecule has 3 heteroatoms. The van der Waals surface area contributed by atoms with E-state index < -0.39 is 0 Å². The van der Waals surface area contributed by atoms with Crippen LogP contribution >= 0.6 is 11.6 Å². The number of hydrogen-bond acceptors (Lipinski definition) is 2. The van der Waals surface area contributed by atoms with Gasteiger partial charge >= 0.3 is 0 Å². The third kappa shape index (κ3) is 1.47. The smallest absolute Gasteiger partial charge is 0.131 e. The fraction of sp³-hybridized carbons (Fsp3) is 0.583. The van der Waals surface area contributed by atoms with Gasteiger partial charge in [0.1, 0.15) is 5.15 Å². The molecule has 1 aromatic rings. The maximum absolute atomic E-state index is 5.92. The van der Waals surface area contributed by atoms with Crippen LogP contribution in [-0.2, 0) is 5.41 Å². The summed E-state index contributed by atoms with van der Waals surface area (Å²) in [6.07, 6.45) is 3.01. The lowest BCUT2D eigenvalue weighted by molar-refractivity contribution is 0.501. The highest BCUT2D eigenvalue weighted by molar-refractivity contribution is 6.30. The normalized spacial score (nSPS) is 27.8. The van der Waals surface area contributed by atoms with Gasteiger partial charge in [0.15, 0.2) is 0 Å². The molecule has 0 bridgehead atoms. The Kier molecular flexibility index (Phi) is 2.32. The lowest BCUT2D eigenvalue weighted by Gasteiger charge is -2.19. The van der Waals surface area contributed by atoms with Crippen molar-refractivity contribution in [3.8, 4) is 0 Å². The summed E-state index contributed by atoms with van der Waals surface area (Å²) >= 11 is 5.92. The molecule has 1 aliphatic rings. The summed E-state index contributed by atoms with van der Waals surface area (Å²) in [6.45, 7) is 7.18. The number of rotatable bonds is 2. The first-order valence-electron chi connectivity index (χ1n) is 5.26. The number of aryl methyl sites for hydroxylation is 1. The first-order valence-corrected chi connectivity index (χ1v) is 5.63. The fourth-order valence-corrected chi connectivity index (χ4v) is 2.59. The molecule has 2 rings (SSSR count). The molecule has 1 heterocycles. The Morgan fingerprint density at radius 2 is 2.13 bits per heavy atom. The highest BCUT2D eigenvalue weighted by Gasteiger charge is 2.61. The van der Waals surface area contributed by atoms with E-state index in [-0.39, 0.29) is 5.41 Å². The van der Waals surface area contributed by atoms with Crippen molar-refractivity contribution in [3.05, 3.63) is 28.5 Å². The predicted molar refractivity (Wildman–Crippen MR) is 63.1 cm³/mol. The number of nitrogens with two attached hydrogens (primary N) is 1. The van der Waals surface area contributed by atoms with Crippen molar-refractivity contribution < 1.29 is 0 Å². The van der Waals surface area contributed by atoms with Crippen molar-refractivity contribution in [2.24, 2.45) is 11.1 Å². The van der Waals surface area contributed by atoms with E-state index in [9.17, 15) is 0 Å². The first-order chi connectivity index (χ1) is 6.93. The Balaban J connectivity index is 2.42. The molecule has 2 nitrogen and oxygen atoms in total. The van der Waals surface area contributed by atoms with Crippen LogP contribution in [0.4, 0.5) is 0 Å². The van der Waals surface area contributed by atoms with Crippen LogP contribution in [0.3, 0.4) is 0 Å². The number of halogens is 1. The van der Waals surface area contributed by atoms with Gasteiger partial charge in [-0.3, -0.25) is 0 Å². The van der Waals surface area contributed by atoms with Crippen molar-refractivity contribution >= 4 is 11.6 Å². The van der Waals surface area contributed by atoms with Gasteiger partial charge in [0.2, 0.25) is 0 Å². The molecule has 1 saturated carbocycles. The summed E-state index contributed by atoms with van der Waals surface area (Å²) < 4.78 is 0. The largest absolute Gasteiger partial charge is 0.330 e. The van der Waals surface area contributed by atoms with Gasteiger partial charge in [-0.1, -0.05) is 31.5 Å². The van der Waals surface area contributed by atoms with Crippen LogP contribution in [0.5, 0.6) is 0 Å². The fourth-order valence-electron chi connectivity index (χ4n) is 2.49. The summed E-state index contributed by atoms with van der Waals surface area (Å²) in [7, 11) is 0. The lowest BCUT2D eigenvalue weighted by atomic mass is 9.88. The molecule has 0 aromatic carbocycles. The van der Waals surface area contributed by atoms with Gasteiger partial charge in [0.25, 0.3) is 0 Å². The Morgan fingerprint density at radius 1 is 1.53 bits per heavy atom. The second-order valence-electron chi connectivity index (χ2n) is 5.18. The molecule has 15 heavy (non-hydrogen) atoms. The van der Waals surface area contributed by atoms with E-state index >= 15 is 0 Å². The topological polar surface area (TPSA) is 38.9 Å². The molecular formula is C12H17ClN2. The molecule has 2 N–H and O–H groups in total. The van der Waals surface area contributed by atoms with E-state index in [0.29, 0.717) is 17.1 Å². The van der Waals surface area contributed by atoms with Crippen LogP contribution in [0.15, 0.2) is 12.3 Å². The quantitative estimate of drug-likeness (QED) is 0.785. The average Bonchev–Trinajstić information content (AvgIpc) is 2.75. The summed E-state index contributed by atoms with van der Waals surface area (Å²) in [5.74, 6) is 0. The van der Waals surface area contributed by atoms with Crippen LogP contribution < -0.4 is 5.73 Å². The standard InChI is InChI=1S/C12H17ClN2/c1-8-4-9(5-15-10(8)13)12(7-14)6-11(12,2)3/h4-5H,6-7,14H2,1-3H3. The van der Waals surface area contributed by atoms with Crippen molar-refractivity contribution in [1.29, 1.82) is 0 Å². The molecule has 1 fully saturated rings. The summed E-state index contributed by atoms with van der Waals surface area (Å²) in [6, 6.07) is 2.12. The Bertz CT molecular complexity index is 401. The maximum atomic E-state index is 5.92. The molecule has 1 unspecified atom stereocenters. The molecule has 1 aromatic heterocycles. The van der Waals surface area contributed by atoms with Crippen LogP contribution in [-0.4, -0.2) is 11.5 Å². The molecule has 0 radical (unpaired) electrons. The van der Waals surface area contributed by atoms with Crippen LogP contribution in [0.25, 0.3) is 0 Å². The van der Waals surface area contributed by atoms with Gasteiger partial charge < -0.3 is 5.73 Å². The molecule has 1 atom stereocenters. The van der Waals surface area contributed by atoms with Crippen LogP contribution in [0.1, 0.15) is 31.4 Å². The van der Waals surface area contributed by atoms with Crippen molar-refractivity contribution in [2.75, 3.05) is 6.54 Å². The van der Waals surface area contributed by atoms with Crippen molar-refractivity contribution in [1.82, 2.24) is 4.98 Å². The zero-order valence-corrected chi connectivity index (χ0v) is 10.2. The van der Waals surface area contributed by atoms with Gasteiger partial charge in [-0.05, 0) is 29.9 Å². The van der Waals surface area contributed by atoms with E-state index in [1.807, 2.05) is 13.1 Å². The van der Waals surface area contributed by atoms with Gasteiger partial charge in [-0.15, -0.1) is 0 Å². The highest BCUT2D eigenvalue weighted by atomic mass is 35.5. The minimum Gasteiger partial charge on any atom is -0.330 e. The van der Waals surface area contributed by atoms with Gasteiger partial charge in [-0.2, -0.15) is 0 Å². The predicted octanol–water partition coefficient (Wildman–Crippen LogP) is 2.67. The van der Waals surface area contributed by atoms with Gasteiger partial charge in [0.05, 0.1) is 0 Å². The van der Waals surface area contributed by atoms with Crippen molar-refractivity contribution in [3.63, 3.8) is 0 Å². The first kappa shape index (κ1) is 10.9. The summed E-state index contributed by atoms with van der Waals surface area (Å²) in [5, 5.41) is 0.587. The summed E-state index contributed by atoms with van der Waals surface area (Å²) in [5.41, 5.74) is 8.58. The zero-order valence-electron chi connectivity index (χ0n) is 9.47. The molecule has 82 valence electrons. The third-order valence-electron chi connectivity index (χ3n) is 3.83. The SMILES string of the molecule is Cc1cc(C2(CN)CC2(C)C)cnc1Cl. The molecule has 0 saturated heterocycles. The number of nitrogens with zero attached hydrogens (tertiary/aromatic N) is 1. The molecule has 1 aliphatic carbocycles.